The number of benzene rings is 2. The maximum atomic E-state index is 13.9. The van der Waals surface area contributed by atoms with Gasteiger partial charge < -0.3 is 11.1 Å². The van der Waals surface area contributed by atoms with Crippen LogP contribution in [0.15, 0.2) is 48.8 Å². The van der Waals surface area contributed by atoms with E-state index in [0.29, 0.717) is 27.8 Å². The van der Waals surface area contributed by atoms with Crippen LogP contribution in [0.25, 0.3) is 10.9 Å². The average molecular weight is 310 g/mol. The molecule has 1 heterocycles. The minimum atomic E-state index is -0.553. The zero-order valence-electron chi connectivity index (χ0n) is 12.5. The average Bonchev–Trinajstić information content (AvgIpc) is 2.54. The molecule has 6 heteroatoms. The number of fused-ring (bicyclic) bond motifs is 1. The van der Waals surface area contributed by atoms with E-state index >= 15 is 0 Å². The number of anilines is 1. The third kappa shape index (κ3) is 2.83. The Bertz CT molecular complexity index is 881. The van der Waals surface area contributed by atoms with Gasteiger partial charge in [0, 0.05) is 10.9 Å². The Morgan fingerprint density at radius 3 is 2.70 bits per heavy atom. The molecular formula is C17H15FN4O. The molecule has 1 amide bonds. The van der Waals surface area contributed by atoms with Crippen molar-refractivity contribution in [1.29, 1.82) is 0 Å². The summed E-state index contributed by atoms with van der Waals surface area (Å²) in [6.45, 7) is 1.84. The first-order valence-corrected chi connectivity index (χ1v) is 7.12. The molecular weight excluding hydrogens is 295 g/mol. The largest absolute Gasteiger partial charge is 0.366 e. The summed E-state index contributed by atoms with van der Waals surface area (Å²) in [5.41, 5.74) is 6.70. The number of hydrogen-bond donors (Lipinski definition) is 2. The van der Waals surface area contributed by atoms with E-state index in [2.05, 4.69) is 15.3 Å². The third-order valence-corrected chi connectivity index (χ3v) is 3.66. The summed E-state index contributed by atoms with van der Waals surface area (Å²) in [5.74, 6) is -0.319. The molecule has 3 rings (SSSR count). The van der Waals surface area contributed by atoms with Crippen LogP contribution in [0.5, 0.6) is 0 Å². The molecule has 0 spiro atoms. The van der Waals surface area contributed by atoms with E-state index in [-0.39, 0.29) is 11.9 Å². The fraction of sp³-hybridized carbons (Fsp3) is 0.118. The highest BCUT2D eigenvalue weighted by atomic mass is 19.1. The first-order valence-electron chi connectivity index (χ1n) is 7.12. The molecule has 0 unspecified atom stereocenters. The number of nitrogens with two attached hydrogens (primary N) is 1. The molecule has 0 aliphatic rings. The van der Waals surface area contributed by atoms with E-state index in [1.807, 2.05) is 6.92 Å². The molecule has 0 bridgehead atoms. The highest BCUT2D eigenvalue weighted by Gasteiger charge is 2.15. The van der Waals surface area contributed by atoms with Gasteiger partial charge in [-0.25, -0.2) is 14.4 Å². The monoisotopic (exact) mass is 310 g/mol. The van der Waals surface area contributed by atoms with E-state index in [1.165, 1.54) is 12.4 Å². The van der Waals surface area contributed by atoms with Crippen LogP contribution in [0.4, 0.5) is 10.2 Å². The molecule has 0 saturated heterocycles. The molecule has 0 fully saturated rings. The Kier molecular flexibility index (Phi) is 3.89. The molecule has 0 aliphatic carbocycles. The van der Waals surface area contributed by atoms with Crippen molar-refractivity contribution < 1.29 is 9.18 Å². The normalized spacial score (nSPS) is 12.1. The summed E-state index contributed by atoms with van der Waals surface area (Å²) < 4.78 is 13.9. The van der Waals surface area contributed by atoms with Crippen molar-refractivity contribution in [2.45, 2.75) is 13.0 Å². The van der Waals surface area contributed by atoms with Crippen LogP contribution in [0.1, 0.15) is 28.9 Å². The lowest BCUT2D eigenvalue weighted by Gasteiger charge is -2.17. The van der Waals surface area contributed by atoms with Crippen molar-refractivity contribution in [2.24, 2.45) is 5.73 Å². The van der Waals surface area contributed by atoms with Gasteiger partial charge in [0.05, 0.1) is 17.1 Å². The number of rotatable bonds is 4. The first-order chi connectivity index (χ1) is 11.1. The topological polar surface area (TPSA) is 80.9 Å². The molecule has 1 aromatic heterocycles. The minimum absolute atomic E-state index is 0.288. The predicted molar refractivity (Wildman–Crippen MR) is 86.5 cm³/mol. The number of aromatic nitrogens is 2. The number of amides is 1. The van der Waals surface area contributed by atoms with Crippen molar-refractivity contribution in [3.8, 4) is 0 Å². The molecule has 0 saturated carbocycles. The van der Waals surface area contributed by atoms with Crippen LogP contribution < -0.4 is 11.1 Å². The SMILES string of the molecule is C[C@H](Nc1ncnc2c(C(N)=O)cccc12)c1ccccc1F. The fourth-order valence-corrected chi connectivity index (χ4v) is 2.51. The molecule has 0 aliphatic heterocycles. The van der Waals surface area contributed by atoms with Crippen molar-refractivity contribution in [2.75, 3.05) is 5.32 Å². The second-order valence-electron chi connectivity index (χ2n) is 5.18. The van der Waals surface area contributed by atoms with E-state index < -0.39 is 5.91 Å². The van der Waals surface area contributed by atoms with Crippen LogP contribution in [-0.2, 0) is 0 Å². The second-order valence-corrected chi connectivity index (χ2v) is 5.18. The van der Waals surface area contributed by atoms with Crippen LogP contribution in [0.2, 0.25) is 0 Å². The van der Waals surface area contributed by atoms with Gasteiger partial charge in [0.2, 0.25) is 0 Å². The van der Waals surface area contributed by atoms with E-state index in [9.17, 15) is 9.18 Å². The number of nitrogens with zero attached hydrogens (tertiary/aromatic N) is 2. The number of halogens is 1. The fourth-order valence-electron chi connectivity index (χ4n) is 2.51. The Morgan fingerprint density at radius 2 is 1.96 bits per heavy atom. The van der Waals surface area contributed by atoms with Crippen LogP contribution in [0, 0.1) is 5.82 Å². The van der Waals surface area contributed by atoms with Gasteiger partial charge in [-0.15, -0.1) is 0 Å². The zero-order chi connectivity index (χ0) is 16.4. The van der Waals surface area contributed by atoms with Gasteiger partial charge in [-0.2, -0.15) is 0 Å². The summed E-state index contributed by atoms with van der Waals surface area (Å²) in [4.78, 5) is 19.8. The summed E-state index contributed by atoms with van der Waals surface area (Å²) in [6, 6.07) is 11.4. The predicted octanol–water partition coefficient (Wildman–Crippen LogP) is 3.04. The highest BCUT2D eigenvalue weighted by molar-refractivity contribution is 6.06. The molecule has 2 aromatic carbocycles. The number of carbonyl (C=O) groups excluding carboxylic acids is 1. The Balaban J connectivity index is 2.02. The lowest BCUT2D eigenvalue weighted by atomic mass is 10.1. The van der Waals surface area contributed by atoms with Crippen molar-refractivity contribution in [1.82, 2.24) is 9.97 Å². The Morgan fingerprint density at radius 1 is 1.17 bits per heavy atom. The number of hydrogen-bond acceptors (Lipinski definition) is 4. The van der Waals surface area contributed by atoms with E-state index in [1.54, 1.807) is 36.4 Å². The number of para-hydroxylation sites is 1. The highest BCUT2D eigenvalue weighted by Crippen LogP contribution is 2.26. The summed E-state index contributed by atoms with van der Waals surface area (Å²) in [5, 5.41) is 3.82. The van der Waals surface area contributed by atoms with Gasteiger partial charge in [-0.3, -0.25) is 4.79 Å². The van der Waals surface area contributed by atoms with E-state index in [4.69, 9.17) is 5.73 Å². The smallest absolute Gasteiger partial charge is 0.250 e. The Hall–Kier alpha value is -3.02. The van der Waals surface area contributed by atoms with Crippen molar-refractivity contribution >= 4 is 22.6 Å². The van der Waals surface area contributed by atoms with Gasteiger partial charge in [-0.1, -0.05) is 24.3 Å². The summed E-state index contributed by atoms with van der Waals surface area (Å²) >= 11 is 0. The molecule has 0 radical (unpaired) electrons. The molecule has 5 nitrogen and oxygen atoms in total. The second kappa shape index (κ2) is 6.00. The van der Waals surface area contributed by atoms with Gasteiger partial charge in [0.25, 0.3) is 5.91 Å². The number of primary amides is 1. The first kappa shape index (κ1) is 14.9. The molecule has 3 aromatic rings. The third-order valence-electron chi connectivity index (χ3n) is 3.66. The molecule has 116 valence electrons. The van der Waals surface area contributed by atoms with Crippen LogP contribution >= 0.6 is 0 Å². The standard InChI is InChI=1S/C17H15FN4O/c1-10(11-5-2-3-8-14(11)18)22-17-13-7-4-6-12(16(19)23)15(13)20-9-21-17/h2-10H,1H3,(H2,19,23)(H,20,21,22)/t10-/m0/s1. The van der Waals surface area contributed by atoms with Gasteiger partial charge in [-0.05, 0) is 25.1 Å². The Labute approximate surface area is 132 Å². The molecule has 1 atom stereocenters. The van der Waals surface area contributed by atoms with Crippen molar-refractivity contribution in [3.05, 3.63) is 65.7 Å². The zero-order valence-corrected chi connectivity index (χ0v) is 12.5. The summed E-state index contributed by atoms with van der Waals surface area (Å²) in [7, 11) is 0. The number of nitrogens with one attached hydrogen (secondary N) is 1. The maximum Gasteiger partial charge on any atom is 0.250 e. The lowest BCUT2D eigenvalue weighted by Crippen LogP contribution is -2.13. The van der Waals surface area contributed by atoms with Gasteiger partial charge in [0.15, 0.2) is 0 Å². The maximum absolute atomic E-state index is 13.9. The van der Waals surface area contributed by atoms with Crippen molar-refractivity contribution in [3.63, 3.8) is 0 Å². The van der Waals surface area contributed by atoms with Crippen LogP contribution in [0.3, 0.4) is 0 Å². The quantitative estimate of drug-likeness (QED) is 0.776. The lowest BCUT2D eigenvalue weighted by molar-refractivity contribution is 0.100. The molecule has 3 N–H and O–H groups in total. The minimum Gasteiger partial charge on any atom is -0.366 e. The number of carbonyl (C=O) groups is 1. The van der Waals surface area contributed by atoms with E-state index in [0.717, 1.165) is 0 Å². The van der Waals surface area contributed by atoms with Gasteiger partial charge in [0.1, 0.15) is 18.0 Å². The summed E-state index contributed by atoms with van der Waals surface area (Å²) in [6.07, 6.45) is 1.35. The molecule has 23 heavy (non-hydrogen) atoms. The van der Waals surface area contributed by atoms with Gasteiger partial charge >= 0.3 is 0 Å². The van der Waals surface area contributed by atoms with Crippen LogP contribution in [-0.4, -0.2) is 15.9 Å².